The smallest absolute Gasteiger partial charge is 0.376 e. The van der Waals surface area contributed by atoms with Gasteiger partial charge in [0, 0.05) is 24.2 Å². The highest BCUT2D eigenvalue weighted by Crippen LogP contribution is 2.29. The third-order valence-corrected chi connectivity index (χ3v) is 3.44. The van der Waals surface area contributed by atoms with E-state index in [1.807, 2.05) is 0 Å². The molecular weight excluding hydrogens is 283 g/mol. The van der Waals surface area contributed by atoms with Gasteiger partial charge in [-0.05, 0) is 17.7 Å². The number of aromatic amines is 1. The third kappa shape index (κ3) is 3.02. The van der Waals surface area contributed by atoms with Gasteiger partial charge in [-0.3, -0.25) is 5.10 Å². The summed E-state index contributed by atoms with van der Waals surface area (Å²) in [6.07, 6.45) is -3.51. The van der Waals surface area contributed by atoms with Crippen molar-refractivity contribution in [1.29, 1.82) is 0 Å². The van der Waals surface area contributed by atoms with E-state index in [0.29, 0.717) is 25.6 Å². The Hall–Kier alpha value is -2.02. The zero-order valence-corrected chi connectivity index (χ0v) is 11.1. The molecule has 4 nitrogen and oxygen atoms in total. The average Bonchev–Trinajstić information content (AvgIpc) is 2.88. The summed E-state index contributed by atoms with van der Waals surface area (Å²) >= 11 is 0. The van der Waals surface area contributed by atoms with Gasteiger partial charge < -0.3 is 10.1 Å². The molecule has 0 atom stereocenters. The van der Waals surface area contributed by atoms with Gasteiger partial charge in [0.05, 0.1) is 18.8 Å². The number of alkyl halides is 3. The number of aromatic nitrogens is 2. The van der Waals surface area contributed by atoms with E-state index in [4.69, 9.17) is 4.74 Å². The number of rotatable bonds is 3. The van der Waals surface area contributed by atoms with Crippen LogP contribution in [-0.4, -0.2) is 16.8 Å². The SMILES string of the molecule is FC(F)(F)c1ccc(CNc2n[nH]c3c2COCC3)cc1. The fourth-order valence-corrected chi connectivity index (χ4v) is 2.26. The Morgan fingerprint density at radius 1 is 1.24 bits per heavy atom. The molecule has 0 fully saturated rings. The zero-order valence-electron chi connectivity index (χ0n) is 11.1. The Morgan fingerprint density at radius 2 is 2.00 bits per heavy atom. The summed E-state index contributed by atoms with van der Waals surface area (Å²) in [4.78, 5) is 0. The molecule has 0 radical (unpaired) electrons. The van der Waals surface area contributed by atoms with Crippen LogP contribution in [0, 0.1) is 0 Å². The molecular formula is C14H14F3N3O. The Bertz CT molecular complexity index is 619. The van der Waals surface area contributed by atoms with E-state index in [1.165, 1.54) is 12.1 Å². The first-order valence-corrected chi connectivity index (χ1v) is 6.58. The number of hydrogen-bond donors (Lipinski definition) is 2. The van der Waals surface area contributed by atoms with Crippen LogP contribution in [0.25, 0.3) is 0 Å². The summed E-state index contributed by atoms with van der Waals surface area (Å²) in [5.74, 6) is 0.699. The Balaban J connectivity index is 1.66. The second kappa shape index (κ2) is 5.40. The predicted octanol–water partition coefficient (Wildman–Crippen LogP) is 3.11. The normalized spacial score (nSPS) is 14.8. The fraction of sp³-hybridized carbons (Fsp3) is 0.357. The molecule has 0 bridgehead atoms. The molecule has 1 aliphatic rings. The molecule has 0 aliphatic carbocycles. The fourth-order valence-electron chi connectivity index (χ4n) is 2.26. The highest BCUT2D eigenvalue weighted by molar-refractivity contribution is 5.47. The number of H-pyrrole nitrogens is 1. The summed E-state index contributed by atoms with van der Waals surface area (Å²) in [6, 6.07) is 5.09. The molecule has 1 aliphatic heterocycles. The van der Waals surface area contributed by atoms with Gasteiger partial charge >= 0.3 is 6.18 Å². The average molecular weight is 297 g/mol. The van der Waals surface area contributed by atoms with Crippen LogP contribution in [0.3, 0.4) is 0 Å². The molecule has 0 saturated carbocycles. The highest BCUT2D eigenvalue weighted by Gasteiger charge is 2.29. The van der Waals surface area contributed by atoms with Crippen molar-refractivity contribution in [3.8, 4) is 0 Å². The molecule has 2 heterocycles. The van der Waals surface area contributed by atoms with E-state index in [0.717, 1.165) is 35.4 Å². The molecule has 2 N–H and O–H groups in total. The topological polar surface area (TPSA) is 49.9 Å². The number of nitrogens with one attached hydrogen (secondary N) is 2. The van der Waals surface area contributed by atoms with Gasteiger partial charge in [-0.1, -0.05) is 12.1 Å². The number of halogens is 3. The molecule has 1 aromatic heterocycles. The van der Waals surface area contributed by atoms with E-state index >= 15 is 0 Å². The van der Waals surface area contributed by atoms with Crippen molar-refractivity contribution in [3.05, 3.63) is 46.6 Å². The highest BCUT2D eigenvalue weighted by atomic mass is 19.4. The minimum absolute atomic E-state index is 0.412. The summed E-state index contributed by atoms with van der Waals surface area (Å²) in [6.45, 7) is 1.59. The molecule has 21 heavy (non-hydrogen) atoms. The van der Waals surface area contributed by atoms with E-state index in [1.54, 1.807) is 0 Å². The Kier molecular flexibility index (Phi) is 3.59. The maximum Gasteiger partial charge on any atom is 0.416 e. The monoisotopic (exact) mass is 297 g/mol. The predicted molar refractivity (Wildman–Crippen MR) is 70.7 cm³/mol. The number of hydrogen-bond acceptors (Lipinski definition) is 3. The molecule has 112 valence electrons. The minimum atomic E-state index is -4.30. The van der Waals surface area contributed by atoms with Crippen LogP contribution < -0.4 is 5.32 Å². The van der Waals surface area contributed by atoms with E-state index in [-0.39, 0.29) is 0 Å². The second-order valence-electron chi connectivity index (χ2n) is 4.88. The molecule has 3 rings (SSSR count). The summed E-state index contributed by atoms with van der Waals surface area (Å²) in [5, 5.41) is 10.2. The summed E-state index contributed by atoms with van der Waals surface area (Å²) < 4.78 is 42.8. The quantitative estimate of drug-likeness (QED) is 0.915. The van der Waals surface area contributed by atoms with Crippen molar-refractivity contribution >= 4 is 5.82 Å². The largest absolute Gasteiger partial charge is 0.416 e. The number of ether oxygens (including phenoxy) is 1. The van der Waals surface area contributed by atoms with Crippen molar-refractivity contribution in [1.82, 2.24) is 10.2 Å². The van der Waals surface area contributed by atoms with Crippen molar-refractivity contribution in [2.24, 2.45) is 0 Å². The number of fused-ring (bicyclic) bond motifs is 1. The van der Waals surface area contributed by atoms with Crippen LogP contribution in [-0.2, 0) is 30.5 Å². The van der Waals surface area contributed by atoms with Crippen LogP contribution in [0.2, 0.25) is 0 Å². The van der Waals surface area contributed by atoms with Gasteiger partial charge in [-0.2, -0.15) is 18.3 Å². The second-order valence-corrected chi connectivity index (χ2v) is 4.88. The summed E-state index contributed by atoms with van der Waals surface area (Å²) in [7, 11) is 0. The molecule has 7 heteroatoms. The Morgan fingerprint density at radius 3 is 2.71 bits per heavy atom. The lowest BCUT2D eigenvalue weighted by molar-refractivity contribution is -0.137. The van der Waals surface area contributed by atoms with Gasteiger partial charge in [0.25, 0.3) is 0 Å². The van der Waals surface area contributed by atoms with Crippen molar-refractivity contribution in [2.45, 2.75) is 25.7 Å². The van der Waals surface area contributed by atoms with Crippen LogP contribution in [0.15, 0.2) is 24.3 Å². The maximum atomic E-state index is 12.5. The van der Waals surface area contributed by atoms with E-state index in [9.17, 15) is 13.2 Å². The molecule has 1 aromatic carbocycles. The van der Waals surface area contributed by atoms with Gasteiger partial charge in [-0.15, -0.1) is 0 Å². The van der Waals surface area contributed by atoms with E-state index in [2.05, 4.69) is 15.5 Å². The lowest BCUT2D eigenvalue weighted by atomic mass is 10.1. The minimum Gasteiger partial charge on any atom is -0.376 e. The lowest BCUT2D eigenvalue weighted by Gasteiger charge is -2.13. The van der Waals surface area contributed by atoms with Crippen LogP contribution in [0.4, 0.5) is 19.0 Å². The van der Waals surface area contributed by atoms with Crippen molar-refractivity contribution in [3.63, 3.8) is 0 Å². The first-order chi connectivity index (χ1) is 10.0. The van der Waals surface area contributed by atoms with Crippen LogP contribution in [0.1, 0.15) is 22.4 Å². The van der Waals surface area contributed by atoms with Crippen molar-refractivity contribution < 1.29 is 17.9 Å². The van der Waals surface area contributed by atoms with Crippen LogP contribution >= 0.6 is 0 Å². The molecule has 0 spiro atoms. The molecule has 0 amide bonds. The van der Waals surface area contributed by atoms with Gasteiger partial charge in [0.15, 0.2) is 5.82 Å². The molecule has 2 aromatic rings. The van der Waals surface area contributed by atoms with Crippen LogP contribution in [0.5, 0.6) is 0 Å². The molecule has 0 unspecified atom stereocenters. The van der Waals surface area contributed by atoms with Gasteiger partial charge in [-0.25, -0.2) is 0 Å². The first kappa shape index (κ1) is 13.9. The molecule has 0 saturated heterocycles. The Labute approximate surface area is 119 Å². The van der Waals surface area contributed by atoms with Gasteiger partial charge in [0.1, 0.15) is 0 Å². The maximum absolute atomic E-state index is 12.5. The zero-order chi connectivity index (χ0) is 14.9. The first-order valence-electron chi connectivity index (χ1n) is 6.58. The number of anilines is 1. The van der Waals surface area contributed by atoms with Gasteiger partial charge in [0.2, 0.25) is 0 Å². The third-order valence-electron chi connectivity index (χ3n) is 3.44. The standard InChI is InChI=1S/C14H14F3N3O/c15-14(16,17)10-3-1-9(2-4-10)7-18-13-11-8-21-6-5-12(11)19-20-13/h1-4H,5-8H2,(H2,18,19,20). The number of benzene rings is 1. The summed E-state index contributed by atoms with van der Waals surface area (Å²) in [5.41, 5.74) is 2.16. The number of nitrogens with zero attached hydrogens (tertiary/aromatic N) is 1. The van der Waals surface area contributed by atoms with Crippen molar-refractivity contribution in [2.75, 3.05) is 11.9 Å². The van der Waals surface area contributed by atoms with E-state index < -0.39 is 11.7 Å². The lowest BCUT2D eigenvalue weighted by Crippen LogP contribution is -2.10.